The predicted molar refractivity (Wildman–Crippen MR) is 61.9 cm³/mol. The number of anilines is 1. The van der Waals surface area contributed by atoms with Gasteiger partial charge in [0.2, 0.25) is 0 Å². The van der Waals surface area contributed by atoms with Crippen LogP contribution in [0.5, 0.6) is 0 Å². The normalized spacial score (nSPS) is 20.1. The van der Waals surface area contributed by atoms with Gasteiger partial charge >= 0.3 is 5.97 Å². The molecule has 1 unspecified atom stereocenters. The average molecular weight is 220 g/mol. The summed E-state index contributed by atoms with van der Waals surface area (Å²) in [5, 5.41) is 8.85. The topological polar surface area (TPSA) is 53.4 Å². The third kappa shape index (κ3) is 2.01. The molecule has 0 amide bonds. The van der Waals surface area contributed by atoms with E-state index in [1.54, 1.807) is 6.07 Å². The van der Waals surface area contributed by atoms with Gasteiger partial charge in [0.15, 0.2) is 0 Å². The second-order valence-electron chi connectivity index (χ2n) is 4.51. The van der Waals surface area contributed by atoms with E-state index < -0.39 is 5.97 Å². The minimum atomic E-state index is -0.920. The van der Waals surface area contributed by atoms with Crippen molar-refractivity contribution in [1.29, 1.82) is 0 Å². The van der Waals surface area contributed by atoms with E-state index in [4.69, 9.17) is 5.11 Å². The number of nitrogens with zero attached hydrogens (tertiary/aromatic N) is 2. The van der Waals surface area contributed by atoms with Gasteiger partial charge in [-0.2, -0.15) is 0 Å². The number of aromatic carboxylic acids is 1. The molecule has 0 radical (unpaired) electrons. The van der Waals surface area contributed by atoms with Crippen LogP contribution in [0.25, 0.3) is 0 Å². The molecule has 4 nitrogen and oxygen atoms in total. The van der Waals surface area contributed by atoms with Gasteiger partial charge in [0.1, 0.15) is 5.82 Å². The number of aryl methyl sites for hydroxylation is 1. The Morgan fingerprint density at radius 1 is 1.62 bits per heavy atom. The summed E-state index contributed by atoms with van der Waals surface area (Å²) in [4.78, 5) is 17.3. The number of pyridine rings is 1. The lowest BCUT2D eigenvalue weighted by molar-refractivity contribution is 0.0696. The number of carbonyl (C=O) groups is 1. The molecule has 16 heavy (non-hydrogen) atoms. The summed E-state index contributed by atoms with van der Waals surface area (Å²) in [5.41, 5.74) is 1.20. The minimum absolute atomic E-state index is 0.258. The van der Waals surface area contributed by atoms with E-state index in [0.29, 0.717) is 5.92 Å². The molecule has 0 aromatic carbocycles. The largest absolute Gasteiger partial charge is 0.478 e. The molecule has 1 atom stereocenters. The highest BCUT2D eigenvalue weighted by Crippen LogP contribution is 2.24. The van der Waals surface area contributed by atoms with E-state index in [-0.39, 0.29) is 5.56 Å². The van der Waals surface area contributed by atoms with Gasteiger partial charge in [0, 0.05) is 19.3 Å². The highest BCUT2D eigenvalue weighted by atomic mass is 16.4. The third-order valence-electron chi connectivity index (χ3n) is 3.02. The Hall–Kier alpha value is -1.58. The van der Waals surface area contributed by atoms with Crippen LogP contribution < -0.4 is 4.90 Å². The summed E-state index contributed by atoms with van der Waals surface area (Å²) in [6.45, 7) is 6.17. The van der Waals surface area contributed by atoms with Gasteiger partial charge < -0.3 is 10.0 Å². The molecule has 1 aliphatic heterocycles. The van der Waals surface area contributed by atoms with Crippen LogP contribution in [0.3, 0.4) is 0 Å². The lowest BCUT2D eigenvalue weighted by atomic mass is 10.2. The van der Waals surface area contributed by atoms with Gasteiger partial charge in [-0.25, -0.2) is 9.78 Å². The van der Waals surface area contributed by atoms with Crippen molar-refractivity contribution in [2.75, 3.05) is 18.0 Å². The Morgan fingerprint density at radius 2 is 2.38 bits per heavy atom. The molecule has 0 aliphatic carbocycles. The van der Waals surface area contributed by atoms with Gasteiger partial charge in [0.05, 0.1) is 5.56 Å². The summed E-state index contributed by atoms with van der Waals surface area (Å²) in [5.74, 6) is 0.701. The number of carboxylic acid groups (broad SMARTS) is 1. The molecule has 1 N–H and O–H groups in total. The Bertz CT molecular complexity index is 417. The summed E-state index contributed by atoms with van der Waals surface area (Å²) in [7, 11) is 0. The maximum Gasteiger partial charge on any atom is 0.337 e. The SMILES string of the molecule is Cc1cc(C(=O)O)cnc1N1CCC(C)C1. The first-order valence-corrected chi connectivity index (χ1v) is 5.53. The van der Waals surface area contributed by atoms with Crippen LogP contribution >= 0.6 is 0 Å². The molecule has 0 saturated carbocycles. The second-order valence-corrected chi connectivity index (χ2v) is 4.51. The quantitative estimate of drug-likeness (QED) is 0.827. The molecule has 1 aromatic heterocycles. The Balaban J connectivity index is 2.26. The van der Waals surface area contributed by atoms with E-state index in [0.717, 1.165) is 24.5 Å². The van der Waals surface area contributed by atoms with Crippen molar-refractivity contribution in [3.8, 4) is 0 Å². The van der Waals surface area contributed by atoms with Gasteiger partial charge in [0.25, 0.3) is 0 Å². The fourth-order valence-corrected chi connectivity index (χ4v) is 2.14. The smallest absolute Gasteiger partial charge is 0.337 e. The zero-order valence-corrected chi connectivity index (χ0v) is 9.60. The number of aromatic nitrogens is 1. The fourth-order valence-electron chi connectivity index (χ4n) is 2.14. The number of rotatable bonds is 2. The number of hydrogen-bond donors (Lipinski definition) is 1. The molecule has 2 heterocycles. The lowest BCUT2D eigenvalue weighted by Gasteiger charge is -2.19. The molecular formula is C12H16N2O2. The third-order valence-corrected chi connectivity index (χ3v) is 3.02. The Kier molecular flexibility index (Phi) is 2.81. The van der Waals surface area contributed by atoms with E-state index in [1.165, 1.54) is 12.6 Å². The van der Waals surface area contributed by atoms with E-state index in [1.807, 2.05) is 6.92 Å². The van der Waals surface area contributed by atoms with E-state index in [2.05, 4.69) is 16.8 Å². The van der Waals surface area contributed by atoms with Gasteiger partial charge in [-0.3, -0.25) is 0 Å². The van der Waals surface area contributed by atoms with Crippen molar-refractivity contribution in [2.24, 2.45) is 5.92 Å². The predicted octanol–water partition coefficient (Wildman–Crippen LogP) is 1.93. The van der Waals surface area contributed by atoms with Crippen LogP contribution in [0.2, 0.25) is 0 Å². The average Bonchev–Trinajstić information content (AvgIpc) is 2.64. The summed E-state index contributed by atoms with van der Waals surface area (Å²) in [6, 6.07) is 1.69. The maximum absolute atomic E-state index is 10.8. The second kappa shape index (κ2) is 4.12. The first kappa shape index (κ1) is 10.9. The van der Waals surface area contributed by atoms with Crippen LogP contribution in [-0.2, 0) is 0 Å². The Morgan fingerprint density at radius 3 is 2.88 bits per heavy atom. The standard InChI is InChI=1S/C12H16N2O2/c1-8-3-4-14(7-8)11-9(2)5-10(6-13-11)12(15)16/h5-6,8H,3-4,7H2,1-2H3,(H,15,16). The Labute approximate surface area is 94.9 Å². The minimum Gasteiger partial charge on any atom is -0.478 e. The van der Waals surface area contributed by atoms with Crippen LogP contribution in [0.4, 0.5) is 5.82 Å². The first-order valence-electron chi connectivity index (χ1n) is 5.53. The zero-order chi connectivity index (χ0) is 11.7. The van der Waals surface area contributed by atoms with E-state index >= 15 is 0 Å². The zero-order valence-electron chi connectivity index (χ0n) is 9.60. The van der Waals surface area contributed by atoms with Crippen LogP contribution in [0, 0.1) is 12.8 Å². The molecule has 1 aromatic rings. The summed E-state index contributed by atoms with van der Waals surface area (Å²) >= 11 is 0. The molecule has 4 heteroatoms. The molecule has 0 spiro atoms. The summed E-state index contributed by atoms with van der Waals surface area (Å²) < 4.78 is 0. The molecule has 1 saturated heterocycles. The monoisotopic (exact) mass is 220 g/mol. The first-order chi connectivity index (χ1) is 7.58. The van der Waals surface area contributed by atoms with Gasteiger partial charge in [-0.05, 0) is 30.9 Å². The molecule has 1 fully saturated rings. The fraction of sp³-hybridized carbons (Fsp3) is 0.500. The maximum atomic E-state index is 10.8. The van der Waals surface area contributed by atoms with Gasteiger partial charge in [-0.15, -0.1) is 0 Å². The van der Waals surface area contributed by atoms with Crippen LogP contribution in [-0.4, -0.2) is 29.1 Å². The van der Waals surface area contributed by atoms with Crippen molar-refractivity contribution in [2.45, 2.75) is 20.3 Å². The molecule has 2 rings (SSSR count). The highest BCUT2D eigenvalue weighted by Gasteiger charge is 2.21. The molecule has 86 valence electrons. The summed E-state index contributed by atoms with van der Waals surface area (Å²) in [6.07, 6.45) is 2.62. The van der Waals surface area contributed by atoms with Crippen molar-refractivity contribution < 1.29 is 9.90 Å². The van der Waals surface area contributed by atoms with Crippen LogP contribution in [0.1, 0.15) is 29.3 Å². The van der Waals surface area contributed by atoms with Crippen molar-refractivity contribution in [3.63, 3.8) is 0 Å². The molecular weight excluding hydrogens is 204 g/mol. The molecule has 1 aliphatic rings. The van der Waals surface area contributed by atoms with E-state index in [9.17, 15) is 4.79 Å². The van der Waals surface area contributed by atoms with Gasteiger partial charge in [-0.1, -0.05) is 6.92 Å². The van der Waals surface area contributed by atoms with Crippen molar-refractivity contribution in [3.05, 3.63) is 23.4 Å². The molecule has 0 bridgehead atoms. The highest BCUT2D eigenvalue weighted by molar-refractivity contribution is 5.87. The number of carboxylic acids is 1. The lowest BCUT2D eigenvalue weighted by Crippen LogP contribution is -2.21. The van der Waals surface area contributed by atoms with Crippen molar-refractivity contribution >= 4 is 11.8 Å². The van der Waals surface area contributed by atoms with Crippen molar-refractivity contribution in [1.82, 2.24) is 4.98 Å². The number of hydrogen-bond acceptors (Lipinski definition) is 3. The van der Waals surface area contributed by atoms with Crippen LogP contribution in [0.15, 0.2) is 12.3 Å².